The minimum atomic E-state index is 0.368. The molecule has 2 nitrogen and oxygen atoms in total. The number of piperidine rings is 2. The Morgan fingerprint density at radius 2 is 1.76 bits per heavy atom. The van der Waals surface area contributed by atoms with Gasteiger partial charge in [-0.25, -0.2) is 0 Å². The molecule has 17 heavy (non-hydrogen) atoms. The molecule has 2 bridgehead atoms. The summed E-state index contributed by atoms with van der Waals surface area (Å²) in [6.45, 7) is 4.41. The number of carbonyl (C=O) groups is 1. The quantitative estimate of drug-likeness (QED) is 0.795. The highest BCUT2D eigenvalue weighted by Gasteiger charge is 2.34. The Labute approximate surface area is 106 Å². The van der Waals surface area contributed by atoms with Crippen molar-refractivity contribution < 1.29 is 4.79 Å². The molecule has 0 saturated carbocycles. The molecular weight excluding hydrogens is 210 g/mol. The molecule has 1 N–H and O–H groups in total. The lowest BCUT2D eigenvalue weighted by Gasteiger charge is -2.40. The highest BCUT2D eigenvalue weighted by atomic mass is 16.1. The van der Waals surface area contributed by atoms with Crippen LogP contribution in [0, 0.1) is 11.8 Å². The molecule has 2 rings (SSSR count). The largest absolute Gasteiger partial charge is 0.311 e. The van der Waals surface area contributed by atoms with Crippen LogP contribution in [0.15, 0.2) is 0 Å². The first kappa shape index (κ1) is 13.1. The van der Waals surface area contributed by atoms with E-state index in [1.54, 1.807) is 0 Å². The zero-order valence-electron chi connectivity index (χ0n) is 11.4. The lowest BCUT2D eigenvalue weighted by Crippen LogP contribution is -2.50. The van der Waals surface area contributed by atoms with Crippen LogP contribution in [0.3, 0.4) is 0 Å². The second-order valence-electron chi connectivity index (χ2n) is 6.01. The SMILES string of the molecule is CCC(CC)CC(=O)C1CC2CCCC(C1)N2. The van der Waals surface area contributed by atoms with Crippen molar-refractivity contribution in [2.24, 2.45) is 11.8 Å². The standard InChI is InChI=1S/C15H27NO/c1-3-11(4-2)8-15(17)12-9-13-6-5-7-14(10-12)16-13/h11-14,16H,3-10H2,1-2H3. The Morgan fingerprint density at radius 1 is 1.18 bits per heavy atom. The zero-order chi connectivity index (χ0) is 12.3. The Bertz CT molecular complexity index is 248. The van der Waals surface area contributed by atoms with E-state index in [2.05, 4.69) is 19.2 Å². The van der Waals surface area contributed by atoms with E-state index in [0.717, 1.165) is 32.1 Å². The maximum absolute atomic E-state index is 12.3. The van der Waals surface area contributed by atoms with Gasteiger partial charge in [-0.15, -0.1) is 0 Å². The van der Waals surface area contributed by atoms with Gasteiger partial charge in [0.25, 0.3) is 0 Å². The number of hydrogen-bond acceptors (Lipinski definition) is 2. The van der Waals surface area contributed by atoms with Gasteiger partial charge in [-0.05, 0) is 31.6 Å². The molecule has 0 radical (unpaired) electrons. The van der Waals surface area contributed by atoms with Crippen molar-refractivity contribution in [1.82, 2.24) is 5.32 Å². The van der Waals surface area contributed by atoms with Crippen LogP contribution < -0.4 is 5.32 Å². The number of Topliss-reactive ketones (excluding diaryl/α,β-unsaturated/α-hetero) is 1. The van der Waals surface area contributed by atoms with Gasteiger partial charge in [-0.3, -0.25) is 4.79 Å². The van der Waals surface area contributed by atoms with E-state index in [1.807, 2.05) is 0 Å². The third kappa shape index (κ3) is 3.31. The van der Waals surface area contributed by atoms with Crippen LogP contribution in [-0.2, 0) is 4.79 Å². The molecule has 98 valence electrons. The van der Waals surface area contributed by atoms with Gasteiger partial charge in [0.15, 0.2) is 0 Å². The lowest BCUT2D eigenvalue weighted by atomic mass is 9.76. The number of nitrogens with one attached hydrogen (secondary N) is 1. The van der Waals surface area contributed by atoms with Gasteiger partial charge in [0, 0.05) is 24.4 Å². The summed E-state index contributed by atoms with van der Waals surface area (Å²) in [5.41, 5.74) is 0. The molecule has 2 aliphatic rings. The summed E-state index contributed by atoms with van der Waals surface area (Å²) in [7, 11) is 0. The second kappa shape index (κ2) is 5.99. The number of rotatable bonds is 5. The van der Waals surface area contributed by atoms with E-state index >= 15 is 0 Å². The Morgan fingerprint density at radius 3 is 2.29 bits per heavy atom. The van der Waals surface area contributed by atoms with Crippen molar-refractivity contribution in [2.75, 3.05) is 0 Å². The van der Waals surface area contributed by atoms with Crippen LogP contribution in [0.4, 0.5) is 0 Å². The summed E-state index contributed by atoms with van der Waals surface area (Å²) in [6.07, 6.45) is 9.27. The van der Waals surface area contributed by atoms with Gasteiger partial charge in [0.05, 0.1) is 0 Å². The first-order valence-corrected chi connectivity index (χ1v) is 7.51. The van der Waals surface area contributed by atoms with Crippen LogP contribution in [0.1, 0.15) is 65.2 Å². The van der Waals surface area contributed by atoms with Crippen LogP contribution in [0.5, 0.6) is 0 Å². The Kier molecular flexibility index (Phi) is 4.61. The predicted octanol–water partition coefficient (Wildman–Crippen LogP) is 3.30. The van der Waals surface area contributed by atoms with Crippen LogP contribution >= 0.6 is 0 Å². The second-order valence-corrected chi connectivity index (χ2v) is 6.01. The molecule has 2 aliphatic heterocycles. The summed E-state index contributed by atoms with van der Waals surface area (Å²) in [5, 5.41) is 3.67. The minimum absolute atomic E-state index is 0.368. The Balaban J connectivity index is 1.87. The molecule has 0 aromatic carbocycles. The maximum Gasteiger partial charge on any atom is 0.136 e. The summed E-state index contributed by atoms with van der Waals surface area (Å²) < 4.78 is 0. The minimum Gasteiger partial charge on any atom is -0.311 e. The molecule has 2 unspecified atom stereocenters. The fourth-order valence-electron chi connectivity index (χ4n) is 3.56. The third-order valence-corrected chi connectivity index (χ3v) is 4.81. The van der Waals surface area contributed by atoms with Crippen molar-refractivity contribution in [1.29, 1.82) is 0 Å². The van der Waals surface area contributed by atoms with Gasteiger partial charge in [0.1, 0.15) is 5.78 Å². The zero-order valence-corrected chi connectivity index (χ0v) is 11.4. The molecule has 2 heterocycles. The van der Waals surface area contributed by atoms with Crippen molar-refractivity contribution in [3.8, 4) is 0 Å². The molecule has 2 heteroatoms. The average Bonchev–Trinajstić information content (AvgIpc) is 2.35. The molecule has 2 fully saturated rings. The van der Waals surface area contributed by atoms with Gasteiger partial charge in [-0.1, -0.05) is 33.1 Å². The van der Waals surface area contributed by atoms with Crippen molar-refractivity contribution >= 4 is 5.78 Å². The van der Waals surface area contributed by atoms with E-state index in [4.69, 9.17) is 0 Å². The smallest absolute Gasteiger partial charge is 0.136 e. The topological polar surface area (TPSA) is 29.1 Å². The van der Waals surface area contributed by atoms with Crippen molar-refractivity contribution in [3.05, 3.63) is 0 Å². The molecular formula is C15H27NO. The molecule has 2 saturated heterocycles. The molecule has 2 atom stereocenters. The number of carbonyl (C=O) groups excluding carboxylic acids is 1. The maximum atomic E-state index is 12.3. The average molecular weight is 237 g/mol. The normalized spacial score (nSPS) is 32.8. The summed E-state index contributed by atoms with van der Waals surface area (Å²) in [5.74, 6) is 1.54. The monoisotopic (exact) mass is 237 g/mol. The van der Waals surface area contributed by atoms with Gasteiger partial charge >= 0.3 is 0 Å². The first-order valence-electron chi connectivity index (χ1n) is 7.51. The van der Waals surface area contributed by atoms with E-state index < -0.39 is 0 Å². The Hall–Kier alpha value is -0.370. The van der Waals surface area contributed by atoms with Crippen LogP contribution in [0.2, 0.25) is 0 Å². The summed E-state index contributed by atoms with van der Waals surface area (Å²) in [4.78, 5) is 12.3. The summed E-state index contributed by atoms with van der Waals surface area (Å²) >= 11 is 0. The van der Waals surface area contributed by atoms with Crippen LogP contribution in [0.25, 0.3) is 0 Å². The number of ketones is 1. The first-order chi connectivity index (χ1) is 8.22. The molecule has 0 spiro atoms. The number of fused-ring (bicyclic) bond motifs is 2. The molecule has 0 aromatic rings. The van der Waals surface area contributed by atoms with E-state index in [9.17, 15) is 4.79 Å². The van der Waals surface area contributed by atoms with Gasteiger partial charge in [-0.2, -0.15) is 0 Å². The van der Waals surface area contributed by atoms with E-state index in [-0.39, 0.29) is 0 Å². The van der Waals surface area contributed by atoms with Crippen molar-refractivity contribution in [2.45, 2.75) is 77.3 Å². The number of hydrogen-bond donors (Lipinski definition) is 1. The predicted molar refractivity (Wildman–Crippen MR) is 71.0 cm³/mol. The fraction of sp³-hybridized carbons (Fsp3) is 0.933. The highest BCUT2D eigenvalue weighted by Crippen LogP contribution is 2.31. The summed E-state index contributed by atoms with van der Waals surface area (Å²) in [6, 6.07) is 1.27. The van der Waals surface area contributed by atoms with E-state index in [0.29, 0.717) is 29.7 Å². The fourth-order valence-corrected chi connectivity index (χ4v) is 3.56. The highest BCUT2D eigenvalue weighted by molar-refractivity contribution is 5.81. The van der Waals surface area contributed by atoms with Crippen LogP contribution in [-0.4, -0.2) is 17.9 Å². The lowest BCUT2D eigenvalue weighted by molar-refractivity contribution is -0.125. The molecule has 0 aromatic heterocycles. The van der Waals surface area contributed by atoms with Gasteiger partial charge < -0.3 is 5.32 Å². The van der Waals surface area contributed by atoms with Crippen molar-refractivity contribution in [3.63, 3.8) is 0 Å². The molecule has 0 amide bonds. The molecule has 0 aliphatic carbocycles. The van der Waals surface area contributed by atoms with E-state index in [1.165, 1.54) is 19.3 Å². The third-order valence-electron chi connectivity index (χ3n) is 4.81. The van der Waals surface area contributed by atoms with Gasteiger partial charge in [0.2, 0.25) is 0 Å².